The minimum absolute atomic E-state index is 0.0604. The molecule has 3 aromatic carbocycles. The number of fused-ring (bicyclic) bond motifs is 2. The van der Waals surface area contributed by atoms with Crippen molar-refractivity contribution in [3.63, 3.8) is 0 Å². The van der Waals surface area contributed by atoms with Crippen LogP contribution in [0.4, 0.5) is 0 Å². The number of hydrogen-bond donors (Lipinski definition) is 0. The summed E-state index contributed by atoms with van der Waals surface area (Å²) in [6.07, 6.45) is 1.50. The molecule has 0 fully saturated rings. The summed E-state index contributed by atoms with van der Waals surface area (Å²) in [5, 5.41) is 0.525. The molecule has 138 valence electrons. The van der Waals surface area contributed by atoms with Gasteiger partial charge >= 0.3 is 0 Å². The Morgan fingerprint density at radius 2 is 1.75 bits per heavy atom. The van der Waals surface area contributed by atoms with Crippen LogP contribution in [0, 0.1) is 0 Å². The molecule has 0 atom stereocenters. The van der Waals surface area contributed by atoms with E-state index in [9.17, 15) is 4.79 Å². The van der Waals surface area contributed by atoms with Crippen LogP contribution in [0.25, 0.3) is 22.1 Å². The van der Waals surface area contributed by atoms with Gasteiger partial charge in [0.15, 0.2) is 16.9 Å². The molecule has 0 amide bonds. The molecular weight excluding hydrogens is 356 g/mol. The number of rotatable bonds is 4. The molecule has 4 aromatic rings. The van der Waals surface area contributed by atoms with Crippen LogP contribution in [0.2, 0.25) is 0 Å². The Morgan fingerprint density at radius 3 is 2.64 bits per heavy atom. The maximum Gasteiger partial charge on any atom is 0.231 e. The van der Waals surface area contributed by atoms with Gasteiger partial charge in [0.05, 0.1) is 10.9 Å². The maximum atomic E-state index is 12.8. The van der Waals surface area contributed by atoms with Gasteiger partial charge in [0.25, 0.3) is 0 Å². The number of hydrogen-bond acceptors (Lipinski definition) is 5. The SMILES string of the molecule is O=c1c(-c2ccccc2)coc2cc(OCc3ccc4c(c3)OCO4)ccc12. The summed E-state index contributed by atoms with van der Waals surface area (Å²) in [5.74, 6) is 2.09. The molecule has 1 aliphatic heterocycles. The predicted octanol–water partition coefficient (Wildman–Crippen LogP) is 4.77. The molecule has 28 heavy (non-hydrogen) atoms. The molecule has 2 heterocycles. The average molecular weight is 372 g/mol. The molecule has 0 saturated carbocycles. The van der Waals surface area contributed by atoms with Gasteiger partial charge in [-0.25, -0.2) is 0 Å². The molecule has 0 bridgehead atoms. The van der Waals surface area contributed by atoms with Gasteiger partial charge in [0, 0.05) is 6.07 Å². The zero-order chi connectivity index (χ0) is 18.9. The minimum Gasteiger partial charge on any atom is -0.489 e. The number of ether oxygens (including phenoxy) is 3. The lowest BCUT2D eigenvalue weighted by atomic mass is 10.1. The molecule has 5 nitrogen and oxygen atoms in total. The van der Waals surface area contributed by atoms with Crippen molar-refractivity contribution in [3.8, 4) is 28.4 Å². The summed E-state index contributed by atoms with van der Waals surface area (Å²) in [6, 6.07) is 20.4. The summed E-state index contributed by atoms with van der Waals surface area (Å²) < 4.78 is 22.3. The van der Waals surface area contributed by atoms with E-state index in [0.717, 1.165) is 22.6 Å². The first kappa shape index (κ1) is 16.4. The second kappa shape index (κ2) is 6.78. The van der Waals surface area contributed by atoms with Gasteiger partial charge in [-0.1, -0.05) is 36.4 Å². The Kier molecular flexibility index (Phi) is 3.98. The molecule has 5 rings (SSSR count). The van der Waals surface area contributed by atoms with Crippen LogP contribution in [0.5, 0.6) is 17.2 Å². The Balaban J connectivity index is 1.40. The quantitative estimate of drug-likeness (QED) is 0.517. The van der Waals surface area contributed by atoms with E-state index in [4.69, 9.17) is 18.6 Å². The van der Waals surface area contributed by atoms with E-state index < -0.39 is 0 Å². The van der Waals surface area contributed by atoms with Crippen molar-refractivity contribution >= 4 is 11.0 Å². The monoisotopic (exact) mass is 372 g/mol. The third kappa shape index (κ3) is 2.97. The van der Waals surface area contributed by atoms with Crippen LogP contribution >= 0.6 is 0 Å². The fourth-order valence-corrected chi connectivity index (χ4v) is 3.21. The van der Waals surface area contributed by atoms with E-state index in [1.807, 2.05) is 48.5 Å². The van der Waals surface area contributed by atoms with Crippen molar-refractivity contribution in [1.82, 2.24) is 0 Å². The molecule has 0 aliphatic carbocycles. The summed E-state index contributed by atoms with van der Waals surface area (Å²) in [4.78, 5) is 12.8. The molecule has 0 N–H and O–H groups in total. The van der Waals surface area contributed by atoms with Gasteiger partial charge in [-0.15, -0.1) is 0 Å². The van der Waals surface area contributed by atoms with Gasteiger partial charge < -0.3 is 18.6 Å². The second-order valence-electron chi connectivity index (χ2n) is 6.48. The highest BCUT2D eigenvalue weighted by Gasteiger charge is 2.14. The van der Waals surface area contributed by atoms with Crippen LogP contribution in [0.3, 0.4) is 0 Å². The zero-order valence-corrected chi connectivity index (χ0v) is 14.9. The lowest BCUT2D eigenvalue weighted by Crippen LogP contribution is -2.05. The summed E-state index contributed by atoms with van der Waals surface area (Å²) in [6.45, 7) is 0.614. The summed E-state index contributed by atoms with van der Waals surface area (Å²) in [7, 11) is 0. The van der Waals surface area contributed by atoms with Crippen molar-refractivity contribution in [2.45, 2.75) is 6.61 Å². The van der Waals surface area contributed by atoms with Crippen molar-refractivity contribution in [1.29, 1.82) is 0 Å². The van der Waals surface area contributed by atoms with Crippen molar-refractivity contribution < 1.29 is 18.6 Å². The Bertz CT molecular complexity index is 1210. The summed E-state index contributed by atoms with van der Waals surface area (Å²) >= 11 is 0. The van der Waals surface area contributed by atoms with Gasteiger partial charge in [-0.2, -0.15) is 0 Å². The molecule has 0 unspecified atom stereocenters. The third-order valence-electron chi connectivity index (χ3n) is 4.67. The second-order valence-corrected chi connectivity index (χ2v) is 6.48. The number of benzene rings is 3. The van der Waals surface area contributed by atoms with E-state index in [1.54, 1.807) is 18.2 Å². The predicted molar refractivity (Wildman–Crippen MR) is 105 cm³/mol. The molecule has 1 aromatic heterocycles. The van der Waals surface area contributed by atoms with Crippen LogP contribution < -0.4 is 19.6 Å². The normalized spacial score (nSPS) is 12.3. The lowest BCUT2D eigenvalue weighted by Gasteiger charge is -2.08. The van der Waals surface area contributed by atoms with E-state index in [-0.39, 0.29) is 12.2 Å². The third-order valence-corrected chi connectivity index (χ3v) is 4.67. The van der Waals surface area contributed by atoms with Crippen LogP contribution in [-0.2, 0) is 6.61 Å². The van der Waals surface area contributed by atoms with E-state index in [2.05, 4.69) is 0 Å². The average Bonchev–Trinajstić information content (AvgIpc) is 3.21. The molecular formula is C23H16O5. The Labute approximate surface area is 160 Å². The first-order chi connectivity index (χ1) is 13.8. The molecule has 0 spiro atoms. The highest BCUT2D eigenvalue weighted by Crippen LogP contribution is 2.33. The minimum atomic E-state index is -0.0604. The first-order valence-corrected chi connectivity index (χ1v) is 8.90. The maximum absolute atomic E-state index is 12.8. The van der Waals surface area contributed by atoms with Gasteiger partial charge in [0.1, 0.15) is 24.2 Å². The van der Waals surface area contributed by atoms with Crippen LogP contribution in [-0.4, -0.2) is 6.79 Å². The first-order valence-electron chi connectivity index (χ1n) is 8.90. The lowest BCUT2D eigenvalue weighted by molar-refractivity contribution is 0.174. The summed E-state index contributed by atoms with van der Waals surface area (Å²) in [5.41, 5.74) is 2.77. The van der Waals surface area contributed by atoms with Crippen LogP contribution in [0.1, 0.15) is 5.56 Å². The van der Waals surface area contributed by atoms with Crippen LogP contribution in [0.15, 0.2) is 82.2 Å². The fraction of sp³-hybridized carbons (Fsp3) is 0.0870. The molecule has 0 saturated heterocycles. The molecule has 0 radical (unpaired) electrons. The standard InChI is InChI=1S/C23H16O5/c24-23-18-8-7-17(25-12-15-6-9-20-22(10-15)28-14-27-20)11-21(18)26-13-19(23)16-4-2-1-3-5-16/h1-11,13H,12,14H2. The highest BCUT2D eigenvalue weighted by atomic mass is 16.7. The van der Waals surface area contributed by atoms with Gasteiger partial charge in [-0.3, -0.25) is 4.79 Å². The molecule has 1 aliphatic rings. The van der Waals surface area contributed by atoms with Gasteiger partial charge in [0.2, 0.25) is 6.79 Å². The van der Waals surface area contributed by atoms with E-state index in [1.165, 1.54) is 6.26 Å². The van der Waals surface area contributed by atoms with Crippen molar-refractivity contribution in [2.24, 2.45) is 0 Å². The smallest absolute Gasteiger partial charge is 0.231 e. The van der Waals surface area contributed by atoms with E-state index >= 15 is 0 Å². The van der Waals surface area contributed by atoms with Crippen molar-refractivity contribution in [3.05, 3.63) is 88.8 Å². The largest absolute Gasteiger partial charge is 0.489 e. The topological polar surface area (TPSA) is 57.9 Å². The van der Waals surface area contributed by atoms with E-state index in [0.29, 0.717) is 28.9 Å². The highest BCUT2D eigenvalue weighted by molar-refractivity contribution is 5.82. The Morgan fingerprint density at radius 1 is 0.893 bits per heavy atom. The Hall–Kier alpha value is -3.73. The van der Waals surface area contributed by atoms with Crippen molar-refractivity contribution in [2.75, 3.05) is 6.79 Å². The fourth-order valence-electron chi connectivity index (χ4n) is 3.21. The molecule has 5 heteroatoms. The van der Waals surface area contributed by atoms with Gasteiger partial charge in [-0.05, 0) is 35.4 Å². The zero-order valence-electron chi connectivity index (χ0n) is 14.9.